The van der Waals surface area contributed by atoms with E-state index in [9.17, 15) is 9.90 Å². The Morgan fingerprint density at radius 2 is 1.02 bits per heavy atom. The van der Waals surface area contributed by atoms with Gasteiger partial charge in [0, 0.05) is 26.9 Å². The molecule has 0 atom stereocenters. The van der Waals surface area contributed by atoms with E-state index in [1.54, 1.807) is 0 Å². The van der Waals surface area contributed by atoms with Gasteiger partial charge < -0.3 is 9.67 Å². The topological polar surface area (TPSA) is 42.2 Å². The van der Waals surface area contributed by atoms with Gasteiger partial charge in [0.1, 0.15) is 5.75 Å². The van der Waals surface area contributed by atoms with E-state index in [-0.39, 0.29) is 11.2 Å². The van der Waals surface area contributed by atoms with E-state index >= 15 is 0 Å². The Morgan fingerprint density at radius 3 is 1.82 bits per heavy atom. The minimum Gasteiger partial charge on any atom is -0.507 e. The van der Waals surface area contributed by atoms with Crippen molar-refractivity contribution in [3.63, 3.8) is 0 Å². The first-order valence-electron chi connectivity index (χ1n) is 14.8. The van der Waals surface area contributed by atoms with Crippen molar-refractivity contribution < 1.29 is 5.11 Å². The average molecular weight is 564 g/mol. The van der Waals surface area contributed by atoms with Crippen LogP contribution < -0.4 is 5.43 Å². The van der Waals surface area contributed by atoms with Gasteiger partial charge in [-0.2, -0.15) is 0 Å². The summed E-state index contributed by atoms with van der Waals surface area (Å²) in [5.41, 5.74) is 4.63. The first kappa shape index (κ1) is 24.6. The Kier molecular flexibility index (Phi) is 5.20. The summed E-state index contributed by atoms with van der Waals surface area (Å²) in [7, 11) is 0. The molecule has 1 N–H and O–H groups in total. The summed E-state index contributed by atoms with van der Waals surface area (Å²) in [5, 5.41) is 20.9. The summed E-state index contributed by atoms with van der Waals surface area (Å²) >= 11 is 0. The summed E-state index contributed by atoms with van der Waals surface area (Å²) < 4.78 is 2.18. The minimum atomic E-state index is -0.0227. The summed E-state index contributed by atoms with van der Waals surface area (Å²) in [6.07, 6.45) is 0. The van der Waals surface area contributed by atoms with Gasteiger partial charge in [0.25, 0.3) is 0 Å². The van der Waals surface area contributed by atoms with Gasteiger partial charge in [-0.1, -0.05) is 115 Å². The summed E-state index contributed by atoms with van der Waals surface area (Å²) in [6.45, 7) is 0. The van der Waals surface area contributed by atoms with E-state index in [1.165, 1.54) is 0 Å². The summed E-state index contributed by atoms with van der Waals surface area (Å²) in [4.78, 5) is 14.3. The molecule has 0 saturated carbocycles. The Hall–Kier alpha value is -5.93. The molecule has 0 aliphatic rings. The standard InChI is InChI=1S/C41H25NO2/c43-40-31-18-6-5-17-30(31)39(29-20-9-13-25-11-1-3-15-27(25)29)33-23-35-38(24-34(33)40)42(37-21-8-7-19-32(37)41(35)44)36-22-10-14-26-12-2-4-16-28(26)36/h1-24,43H. The zero-order chi connectivity index (χ0) is 29.4. The summed E-state index contributed by atoms with van der Waals surface area (Å²) in [5.74, 6) is 0.214. The number of hydrogen-bond donors (Lipinski definition) is 1. The third-order valence-corrected chi connectivity index (χ3v) is 9.05. The zero-order valence-electron chi connectivity index (χ0n) is 23.7. The Bertz CT molecular complexity index is 2690. The predicted octanol–water partition coefficient (Wildman–Crippen LogP) is 10.1. The highest BCUT2D eigenvalue weighted by atomic mass is 16.3. The highest BCUT2D eigenvalue weighted by Gasteiger charge is 2.21. The van der Waals surface area contributed by atoms with Crippen LogP contribution in [0.3, 0.4) is 0 Å². The summed E-state index contributed by atoms with van der Waals surface area (Å²) in [6, 6.07) is 49.1. The number of rotatable bonds is 2. The molecular formula is C41H25NO2. The molecule has 0 saturated heterocycles. The number of phenolic OH excluding ortho intramolecular Hbond substituents is 1. The first-order chi connectivity index (χ1) is 21.7. The molecule has 0 radical (unpaired) electrons. The molecule has 9 aromatic rings. The van der Waals surface area contributed by atoms with Crippen LogP contribution in [0.1, 0.15) is 0 Å². The van der Waals surface area contributed by atoms with Gasteiger partial charge in [0.05, 0.1) is 16.7 Å². The highest BCUT2D eigenvalue weighted by molar-refractivity contribution is 6.22. The lowest BCUT2D eigenvalue weighted by atomic mass is 9.88. The predicted molar refractivity (Wildman–Crippen MR) is 184 cm³/mol. The number of pyridine rings is 1. The molecule has 1 aromatic heterocycles. The maximum absolute atomic E-state index is 14.3. The lowest BCUT2D eigenvalue weighted by Gasteiger charge is -2.20. The van der Waals surface area contributed by atoms with Crippen LogP contribution in [0, 0.1) is 0 Å². The van der Waals surface area contributed by atoms with Gasteiger partial charge in [0.15, 0.2) is 5.43 Å². The van der Waals surface area contributed by atoms with Gasteiger partial charge in [-0.25, -0.2) is 0 Å². The van der Waals surface area contributed by atoms with Crippen LogP contribution in [0.15, 0.2) is 150 Å². The van der Waals surface area contributed by atoms with E-state index in [2.05, 4.69) is 77.4 Å². The zero-order valence-corrected chi connectivity index (χ0v) is 23.7. The van der Waals surface area contributed by atoms with E-state index < -0.39 is 0 Å². The highest BCUT2D eigenvalue weighted by Crippen LogP contribution is 2.46. The fourth-order valence-electron chi connectivity index (χ4n) is 7.09. The van der Waals surface area contributed by atoms with Crippen molar-refractivity contribution in [1.29, 1.82) is 0 Å². The maximum atomic E-state index is 14.3. The number of nitrogens with zero attached hydrogens (tertiary/aromatic N) is 1. The van der Waals surface area contributed by atoms with Crippen LogP contribution >= 0.6 is 0 Å². The van der Waals surface area contributed by atoms with Crippen molar-refractivity contribution in [2.75, 3.05) is 0 Å². The van der Waals surface area contributed by atoms with Crippen molar-refractivity contribution >= 4 is 64.9 Å². The number of para-hydroxylation sites is 1. The van der Waals surface area contributed by atoms with Crippen LogP contribution in [-0.2, 0) is 0 Å². The van der Waals surface area contributed by atoms with Crippen molar-refractivity contribution in [1.82, 2.24) is 4.57 Å². The molecule has 0 bridgehead atoms. The first-order valence-corrected chi connectivity index (χ1v) is 14.8. The Morgan fingerprint density at radius 1 is 0.432 bits per heavy atom. The van der Waals surface area contributed by atoms with Crippen molar-refractivity contribution in [2.24, 2.45) is 0 Å². The van der Waals surface area contributed by atoms with Gasteiger partial charge in [-0.3, -0.25) is 4.79 Å². The molecule has 3 nitrogen and oxygen atoms in total. The maximum Gasteiger partial charge on any atom is 0.197 e. The Labute approximate surface area is 252 Å². The lowest BCUT2D eigenvalue weighted by molar-refractivity contribution is 0.488. The average Bonchev–Trinajstić information content (AvgIpc) is 3.08. The monoisotopic (exact) mass is 563 g/mol. The molecule has 0 fully saturated rings. The molecule has 8 aromatic carbocycles. The smallest absolute Gasteiger partial charge is 0.197 e. The fraction of sp³-hybridized carbons (Fsp3) is 0. The number of hydrogen-bond acceptors (Lipinski definition) is 2. The van der Waals surface area contributed by atoms with Gasteiger partial charge in [-0.05, 0) is 68.4 Å². The molecule has 1 heterocycles. The minimum absolute atomic E-state index is 0.0227. The Balaban J connectivity index is 1.53. The molecule has 0 aliphatic heterocycles. The SMILES string of the molecule is O=c1c2ccccc2n(-c2cccc3ccccc23)c2cc3c(O)c4ccccc4c(-c4cccc5ccccc45)c3cc12. The third kappa shape index (κ3) is 3.41. The second-order valence-corrected chi connectivity index (χ2v) is 11.4. The molecule has 206 valence electrons. The van der Waals surface area contributed by atoms with Crippen LogP contribution in [0.2, 0.25) is 0 Å². The van der Waals surface area contributed by atoms with Crippen LogP contribution in [0.4, 0.5) is 0 Å². The number of aromatic nitrogens is 1. The number of fused-ring (bicyclic) bond motifs is 6. The van der Waals surface area contributed by atoms with Gasteiger partial charge >= 0.3 is 0 Å². The van der Waals surface area contributed by atoms with Crippen LogP contribution in [0.5, 0.6) is 5.75 Å². The molecular weight excluding hydrogens is 538 g/mol. The number of benzene rings is 8. The fourth-order valence-corrected chi connectivity index (χ4v) is 7.09. The normalized spacial score (nSPS) is 11.8. The van der Waals surface area contributed by atoms with E-state index in [4.69, 9.17) is 0 Å². The molecule has 0 unspecified atom stereocenters. The second kappa shape index (κ2) is 9.29. The quantitative estimate of drug-likeness (QED) is 0.213. The largest absolute Gasteiger partial charge is 0.507 e. The van der Waals surface area contributed by atoms with E-state index in [1.807, 2.05) is 72.8 Å². The van der Waals surface area contributed by atoms with Crippen molar-refractivity contribution in [2.45, 2.75) is 0 Å². The molecule has 9 rings (SSSR count). The number of phenols is 1. The second-order valence-electron chi connectivity index (χ2n) is 11.4. The van der Waals surface area contributed by atoms with Crippen molar-refractivity contribution in [3.8, 4) is 22.6 Å². The van der Waals surface area contributed by atoms with Crippen molar-refractivity contribution in [3.05, 3.63) is 156 Å². The van der Waals surface area contributed by atoms with Gasteiger partial charge in [0.2, 0.25) is 0 Å². The van der Waals surface area contributed by atoms with E-state index in [0.717, 1.165) is 65.6 Å². The molecule has 0 spiro atoms. The van der Waals surface area contributed by atoms with Crippen LogP contribution in [0.25, 0.3) is 81.7 Å². The van der Waals surface area contributed by atoms with Crippen LogP contribution in [-0.4, -0.2) is 9.67 Å². The lowest BCUT2D eigenvalue weighted by Crippen LogP contribution is -2.11. The van der Waals surface area contributed by atoms with E-state index in [0.29, 0.717) is 16.2 Å². The van der Waals surface area contributed by atoms with Gasteiger partial charge in [-0.15, -0.1) is 0 Å². The molecule has 0 aliphatic carbocycles. The number of aromatic hydroxyl groups is 1. The molecule has 44 heavy (non-hydrogen) atoms. The third-order valence-electron chi connectivity index (χ3n) is 9.05. The molecule has 0 amide bonds. The molecule has 3 heteroatoms.